The van der Waals surface area contributed by atoms with Crippen molar-refractivity contribution in [3.63, 3.8) is 0 Å². The summed E-state index contributed by atoms with van der Waals surface area (Å²) in [6.07, 6.45) is 1.70. The molecule has 4 rings (SSSR count). The summed E-state index contributed by atoms with van der Waals surface area (Å²) in [7, 11) is 0. The number of amides is 1. The van der Waals surface area contributed by atoms with Gasteiger partial charge in [0.05, 0.1) is 15.7 Å². The predicted octanol–water partition coefficient (Wildman–Crippen LogP) is 6.28. The van der Waals surface area contributed by atoms with Crippen molar-refractivity contribution in [2.24, 2.45) is 0 Å². The first kappa shape index (κ1) is 21.4. The minimum absolute atomic E-state index is 0.140. The van der Waals surface area contributed by atoms with E-state index in [0.29, 0.717) is 37.5 Å². The molecule has 0 aliphatic carbocycles. The van der Waals surface area contributed by atoms with Crippen molar-refractivity contribution in [3.05, 3.63) is 98.5 Å². The molecule has 0 spiro atoms. The molecule has 0 atom stereocenters. The van der Waals surface area contributed by atoms with E-state index in [1.165, 1.54) is 4.90 Å². The Morgan fingerprint density at radius 3 is 2.45 bits per heavy atom. The van der Waals surface area contributed by atoms with E-state index in [0.717, 1.165) is 5.56 Å². The Kier molecular flexibility index (Phi) is 6.33. The van der Waals surface area contributed by atoms with Gasteiger partial charge in [-0.05, 0) is 47.5 Å². The molecule has 3 aromatic rings. The maximum Gasteiger partial charge on any atom is 0.326 e. The molecule has 7 heteroatoms. The maximum atomic E-state index is 13.2. The second-order valence-corrected chi connectivity index (χ2v) is 8.18. The lowest BCUT2D eigenvalue weighted by Crippen LogP contribution is -2.33. The third kappa shape index (κ3) is 4.77. The number of rotatable bonds is 5. The first-order chi connectivity index (χ1) is 14.9. The van der Waals surface area contributed by atoms with Crippen molar-refractivity contribution in [1.82, 2.24) is 0 Å². The number of hydrogen-bond donors (Lipinski definition) is 0. The van der Waals surface area contributed by atoms with Crippen LogP contribution >= 0.6 is 34.8 Å². The van der Waals surface area contributed by atoms with Gasteiger partial charge >= 0.3 is 5.97 Å². The number of anilines is 1. The van der Waals surface area contributed by atoms with E-state index in [2.05, 4.69) is 0 Å². The van der Waals surface area contributed by atoms with Crippen LogP contribution in [0.2, 0.25) is 15.1 Å². The van der Waals surface area contributed by atoms with Gasteiger partial charge < -0.3 is 4.74 Å². The van der Waals surface area contributed by atoms with Crippen molar-refractivity contribution in [3.8, 4) is 0 Å². The van der Waals surface area contributed by atoms with E-state index in [9.17, 15) is 9.59 Å². The van der Waals surface area contributed by atoms with E-state index in [4.69, 9.17) is 39.5 Å². The zero-order chi connectivity index (χ0) is 22.0. The molecule has 0 aromatic heterocycles. The van der Waals surface area contributed by atoms with Gasteiger partial charge in [0, 0.05) is 16.2 Å². The second kappa shape index (κ2) is 9.15. The molecule has 1 aliphatic heterocycles. The summed E-state index contributed by atoms with van der Waals surface area (Å²) < 4.78 is 5.35. The van der Waals surface area contributed by atoms with E-state index in [1.807, 2.05) is 30.3 Å². The molecule has 3 aromatic carbocycles. The normalized spacial score (nSPS) is 14.1. The number of carbonyl (C=O) groups excluding carboxylic acids is 2. The number of halogens is 3. The van der Waals surface area contributed by atoms with E-state index < -0.39 is 5.97 Å². The summed E-state index contributed by atoms with van der Waals surface area (Å²) in [5.41, 5.74) is 3.22. The largest absolute Gasteiger partial charge is 0.459 e. The molecular formula is C24H16Cl3NO3. The van der Waals surface area contributed by atoms with Crippen LogP contribution in [0, 0.1) is 0 Å². The van der Waals surface area contributed by atoms with Crippen molar-refractivity contribution in [2.75, 3.05) is 11.4 Å². The average molecular weight is 473 g/mol. The number of ether oxygens (including phenoxy) is 1. The Hall–Kier alpha value is -2.79. The Labute approximate surface area is 194 Å². The number of hydrogen-bond acceptors (Lipinski definition) is 3. The topological polar surface area (TPSA) is 46.6 Å². The summed E-state index contributed by atoms with van der Waals surface area (Å²) in [4.78, 5) is 27.0. The minimum atomic E-state index is -0.506. The molecule has 0 bridgehead atoms. The zero-order valence-electron chi connectivity index (χ0n) is 16.1. The number of nitrogens with zero attached hydrogens (tertiary/aromatic N) is 1. The van der Waals surface area contributed by atoms with E-state index >= 15 is 0 Å². The molecule has 1 aliphatic rings. The summed E-state index contributed by atoms with van der Waals surface area (Å²) >= 11 is 18.3. The maximum absolute atomic E-state index is 13.2. The minimum Gasteiger partial charge on any atom is -0.459 e. The molecule has 4 nitrogen and oxygen atoms in total. The zero-order valence-corrected chi connectivity index (χ0v) is 18.4. The average Bonchev–Trinajstić information content (AvgIpc) is 3.00. The standard InChI is InChI=1S/C24H16Cl3NO3/c25-17-7-9-22-18(12-17)19(10-16-6-8-20(26)21(27)11-16)24(30)28(22)13-23(29)31-14-15-4-2-1-3-5-15/h1-12H,13-14H2. The van der Waals surface area contributed by atoms with Gasteiger partial charge in [-0.15, -0.1) is 0 Å². The second-order valence-electron chi connectivity index (χ2n) is 6.93. The molecular weight excluding hydrogens is 457 g/mol. The summed E-state index contributed by atoms with van der Waals surface area (Å²) in [5, 5.41) is 1.29. The van der Waals surface area contributed by atoms with Crippen LogP contribution in [0.25, 0.3) is 11.6 Å². The molecule has 0 fully saturated rings. The fourth-order valence-corrected chi connectivity index (χ4v) is 3.79. The van der Waals surface area contributed by atoms with Gasteiger partial charge in [0.25, 0.3) is 5.91 Å². The van der Waals surface area contributed by atoms with Gasteiger partial charge in [-0.1, -0.05) is 71.2 Å². The fourth-order valence-electron chi connectivity index (χ4n) is 3.31. The van der Waals surface area contributed by atoms with Crippen molar-refractivity contribution >= 4 is 64.0 Å². The fraction of sp³-hybridized carbons (Fsp3) is 0.0833. The molecule has 31 heavy (non-hydrogen) atoms. The van der Waals surface area contributed by atoms with Crippen LogP contribution in [0.1, 0.15) is 16.7 Å². The highest BCUT2D eigenvalue weighted by Gasteiger charge is 2.34. The highest BCUT2D eigenvalue weighted by molar-refractivity contribution is 6.42. The Bertz CT molecular complexity index is 1190. The summed E-state index contributed by atoms with van der Waals surface area (Å²) in [6.45, 7) is -0.0693. The molecule has 156 valence electrons. The van der Waals surface area contributed by atoms with Crippen LogP contribution in [-0.2, 0) is 20.9 Å². The van der Waals surface area contributed by atoms with Crippen LogP contribution < -0.4 is 4.90 Å². The highest BCUT2D eigenvalue weighted by atomic mass is 35.5. The first-order valence-electron chi connectivity index (χ1n) is 9.40. The van der Waals surface area contributed by atoms with Gasteiger partial charge in [0.1, 0.15) is 13.2 Å². The van der Waals surface area contributed by atoms with E-state index in [1.54, 1.807) is 42.5 Å². The predicted molar refractivity (Wildman–Crippen MR) is 124 cm³/mol. The Balaban J connectivity index is 1.59. The van der Waals surface area contributed by atoms with Crippen LogP contribution in [0.3, 0.4) is 0 Å². The third-order valence-electron chi connectivity index (χ3n) is 4.80. The molecule has 1 heterocycles. The molecule has 0 radical (unpaired) electrons. The van der Waals surface area contributed by atoms with Crippen LogP contribution in [0.4, 0.5) is 5.69 Å². The number of carbonyl (C=O) groups is 2. The van der Waals surface area contributed by atoms with Crippen LogP contribution in [-0.4, -0.2) is 18.4 Å². The number of esters is 1. The number of fused-ring (bicyclic) bond motifs is 1. The van der Waals surface area contributed by atoms with Gasteiger partial charge in [0.2, 0.25) is 0 Å². The van der Waals surface area contributed by atoms with Crippen molar-refractivity contribution in [2.45, 2.75) is 6.61 Å². The van der Waals surface area contributed by atoms with Crippen molar-refractivity contribution in [1.29, 1.82) is 0 Å². The molecule has 0 saturated heterocycles. The summed E-state index contributed by atoms with van der Waals surface area (Å²) in [5.74, 6) is -0.825. The van der Waals surface area contributed by atoms with E-state index in [-0.39, 0.29) is 19.1 Å². The van der Waals surface area contributed by atoms with Crippen LogP contribution in [0.15, 0.2) is 66.7 Å². The third-order valence-corrected chi connectivity index (χ3v) is 5.77. The van der Waals surface area contributed by atoms with Gasteiger partial charge in [-0.3, -0.25) is 14.5 Å². The Morgan fingerprint density at radius 1 is 0.935 bits per heavy atom. The summed E-state index contributed by atoms with van der Waals surface area (Å²) in [6, 6.07) is 19.5. The van der Waals surface area contributed by atoms with Gasteiger partial charge in [-0.2, -0.15) is 0 Å². The lowest BCUT2D eigenvalue weighted by molar-refractivity contribution is -0.143. The van der Waals surface area contributed by atoms with Crippen LogP contribution in [0.5, 0.6) is 0 Å². The molecule has 1 amide bonds. The van der Waals surface area contributed by atoms with Gasteiger partial charge in [-0.25, -0.2) is 0 Å². The lowest BCUT2D eigenvalue weighted by Gasteiger charge is -2.16. The highest BCUT2D eigenvalue weighted by Crippen LogP contribution is 2.39. The quantitative estimate of drug-likeness (QED) is 0.324. The monoisotopic (exact) mass is 471 g/mol. The SMILES string of the molecule is O=C(CN1C(=O)C(=Cc2ccc(Cl)c(Cl)c2)c2cc(Cl)ccc21)OCc1ccccc1. The first-order valence-corrected chi connectivity index (χ1v) is 10.5. The number of benzene rings is 3. The van der Waals surface area contributed by atoms with Crippen molar-refractivity contribution < 1.29 is 14.3 Å². The molecule has 0 saturated carbocycles. The smallest absolute Gasteiger partial charge is 0.326 e. The molecule has 0 unspecified atom stereocenters. The molecule has 0 N–H and O–H groups in total. The Morgan fingerprint density at radius 2 is 1.71 bits per heavy atom. The van der Waals surface area contributed by atoms with Gasteiger partial charge in [0.15, 0.2) is 0 Å². The lowest BCUT2D eigenvalue weighted by atomic mass is 10.0.